The van der Waals surface area contributed by atoms with Crippen molar-refractivity contribution in [3.8, 4) is 17.2 Å². The van der Waals surface area contributed by atoms with Crippen molar-refractivity contribution in [2.24, 2.45) is 0 Å². The molecule has 3 aromatic carbocycles. The molecule has 2 N–H and O–H groups in total. The topological polar surface area (TPSA) is 66.5 Å². The van der Waals surface area contributed by atoms with Gasteiger partial charge in [0.1, 0.15) is 0 Å². The molecular weight excluding hydrogens is 348 g/mol. The average molecular weight is 366 g/mol. The third kappa shape index (κ3) is 2.83. The second kappa shape index (κ2) is 6.70. The molecule has 0 unspecified atom stereocenters. The zero-order chi connectivity index (χ0) is 18.9. The van der Waals surface area contributed by atoms with E-state index in [1.165, 1.54) is 4.68 Å². The number of nitrogens with one attached hydrogen (secondary N) is 2. The molecule has 136 valence electrons. The molecule has 5 heteroatoms. The number of aromatic amines is 2. The van der Waals surface area contributed by atoms with Crippen LogP contribution >= 0.6 is 0 Å². The zero-order valence-electron chi connectivity index (χ0n) is 15.1. The molecule has 0 aliphatic rings. The van der Waals surface area contributed by atoms with E-state index in [1.54, 1.807) is 0 Å². The van der Waals surface area contributed by atoms with Crippen molar-refractivity contribution < 1.29 is 0 Å². The maximum Gasteiger partial charge on any atom is 0.278 e. The second-order valence-electron chi connectivity index (χ2n) is 6.71. The maximum atomic E-state index is 13.3. The Hall–Kier alpha value is -3.86. The molecule has 0 fully saturated rings. The average Bonchev–Trinajstić information content (AvgIpc) is 3.31. The van der Waals surface area contributed by atoms with Crippen LogP contribution in [0.4, 0.5) is 0 Å². The number of fused-ring (bicyclic) bond motifs is 1. The summed E-state index contributed by atoms with van der Waals surface area (Å²) >= 11 is 0. The van der Waals surface area contributed by atoms with E-state index < -0.39 is 0 Å². The van der Waals surface area contributed by atoms with Crippen LogP contribution in [0, 0.1) is 0 Å². The summed E-state index contributed by atoms with van der Waals surface area (Å²) in [6.07, 6.45) is 0.549. The lowest BCUT2D eigenvalue weighted by atomic mass is 10.0. The van der Waals surface area contributed by atoms with E-state index in [1.807, 2.05) is 84.9 Å². The first-order chi connectivity index (χ1) is 13.8. The first kappa shape index (κ1) is 16.3. The molecule has 0 amide bonds. The van der Waals surface area contributed by atoms with Gasteiger partial charge in [-0.3, -0.25) is 9.89 Å². The quantitative estimate of drug-likeness (QED) is 0.498. The lowest BCUT2D eigenvalue weighted by Crippen LogP contribution is -2.18. The van der Waals surface area contributed by atoms with Crippen LogP contribution in [-0.4, -0.2) is 19.7 Å². The summed E-state index contributed by atoms with van der Waals surface area (Å²) in [6, 6.07) is 27.7. The minimum Gasteiger partial charge on any atom is -0.322 e. The van der Waals surface area contributed by atoms with Gasteiger partial charge in [-0.25, -0.2) is 4.98 Å². The highest BCUT2D eigenvalue weighted by Crippen LogP contribution is 2.23. The molecule has 0 spiro atoms. The van der Waals surface area contributed by atoms with Gasteiger partial charge in [-0.15, -0.1) is 0 Å². The van der Waals surface area contributed by atoms with Crippen molar-refractivity contribution in [3.05, 3.63) is 106 Å². The Morgan fingerprint density at radius 2 is 1.50 bits per heavy atom. The van der Waals surface area contributed by atoms with Gasteiger partial charge in [0.2, 0.25) is 5.95 Å². The number of aromatic nitrogens is 4. The van der Waals surface area contributed by atoms with E-state index in [9.17, 15) is 4.79 Å². The largest absolute Gasteiger partial charge is 0.322 e. The normalized spacial score (nSPS) is 11.1. The van der Waals surface area contributed by atoms with Crippen LogP contribution in [0.2, 0.25) is 0 Å². The zero-order valence-corrected chi connectivity index (χ0v) is 15.1. The minimum absolute atomic E-state index is 0.0956. The molecule has 5 nitrogen and oxygen atoms in total. The fourth-order valence-corrected chi connectivity index (χ4v) is 3.47. The van der Waals surface area contributed by atoms with E-state index in [-0.39, 0.29) is 5.56 Å². The van der Waals surface area contributed by atoms with Crippen LogP contribution in [0.1, 0.15) is 11.1 Å². The first-order valence-electron chi connectivity index (χ1n) is 9.18. The third-order valence-electron chi connectivity index (χ3n) is 4.86. The van der Waals surface area contributed by atoms with Gasteiger partial charge in [-0.2, -0.15) is 4.68 Å². The lowest BCUT2D eigenvalue weighted by Gasteiger charge is -2.03. The van der Waals surface area contributed by atoms with Crippen molar-refractivity contribution in [1.82, 2.24) is 19.7 Å². The number of nitrogens with zero attached hydrogens (tertiary/aromatic N) is 2. The van der Waals surface area contributed by atoms with E-state index >= 15 is 0 Å². The molecule has 0 saturated carbocycles. The van der Waals surface area contributed by atoms with Crippen molar-refractivity contribution in [2.45, 2.75) is 6.42 Å². The molecule has 0 radical (unpaired) electrons. The summed E-state index contributed by atoms with van der Waals surface area (Å²) in [5.74, 6) is 0.489. The summed E-state index contributed by atoms with van der Waals surface area (Å²) in [7, 11) is 0. The molecule has 2 heterocycles. The van der Waals surface area contributed by atoms with Crippen molar-refractivity contribution in [3.63, 3.8) is 0 Å². The highest BCUT2D eigenvalue weighted by molar-refractivity contribution is 5.76. The fraction of sp³-hybridized carbons (Fsp3) is 0.0435. The number of imidazole rings is 1. The Labute approximate surface area is 161 Å². The van der Waals surface area contributed by atoms with Crippen LogP contribution in [0.15, 0.2) is 89.7 Å². The minimum atomic E-state index is -0.0956. The molecule has 0 saturated heterocycles. The summed E-state index contributed by atoms with van der Waals surface area (Å²) in [6.45, 7) is 0. The molecule has 0 aliphatic heterocycles. The van der Waals surface area contributed by atoms with Crippen LogP contribution in [-0.2, 0) is 6.42 Å². The van der Waals surface area contributed by atoms with Crippen LogP contribution in [0.5, 0.6) is 0 Å². The molecule has 0 atom stereocenters. The van der Waals surface area contributed by atoms with Gasteiger partial charge < -0.3 is 4.98 Å². The Kier molecular flexibility index (Phi) is 3.91. The summed E-state index contributed by atoms with van der Waals surface area (Å²) < 4.78 is 1.50. The van der Waals surface area contributed by atoms with E-state index in [0.29, 0.717) is 12.4 Å². The van der Waals surface area contributed by atoms with Crippen LogP contribution in [0.25, 0.3) is 28.2 Å². The monoisotopic (exact) mass is 366 g/mol. The predicted molar refractivity (Wildman–Crippen MR) is 111 cm³/mol. The standard InChI is InChI=1S/C23H18N4O/c28-22-18(15-16-9-3-1-4-10-16)21(17-11-5-2-6-12-17)26-27(22)23-24-19-13-7-8-14-20(19)25-23/h1-14,26H,15H2,(H,24,25). The Bertz CT molecular complexity index is 1260. The van der Waals surface area contributed by atoms with E-state index in [2.05, 4.69) is 15.1 Å². The predicted octanol–water partition coefficient (Wildman–Crippen LogP) is 4.30. The Balaban J connectivity index is 1.69. The number of hydrogen-bond donors (Lipinski definition) is 2. The maximum absolute atomic E-state index is 13.3. The number of rotatable bonds is 4. The molecule has 28 heavy (non-hydrogen) atoms. The van der Waals surface area contributed by atoms with Crippen molar-refractivity contribution >= 4 is 11.0 Å². The number of H-pyrrole nitrogens is 2. The number of benzene rings is 3. The number of para-hydroxylation sites is 2. The van der Waals surface area contributed by atoms with Gasteiger partial charge in [0.05, 0.1) is 16.7 Å². The van der Waals surface area contributed by atoms with E-state index in [0.717, 1.165) is 33.4 Å². The van der Waals surface area contributed by atoms with Crippen molar-refractivity contribution in [1.29, 1.82) is 0 Å². The van der Waals surface area contributed by atoms with Gasteiger partial charge in [0.25, 0.3) is 5.56 Å². The molecule has 0 aliphatic carbocycles. The van der Waals surface area contributed by atoms with Crippen LogP contribution in [0.3, 0.4) is 0 Å². The molecule has 5 aromatic rings. The second-order valence-corrected chi connectivity index (χ2v) is 6.71. The first-order valence-corrected chi connectivity index (χ1v) is 9.18. The van der Waals surface area contributed by atoms with Gasteiger partial charge in [-0.1, -0.05) is 72.8 Å². The third-order valence-corrected chi connectivity index (χ3v) is 4.86. The highest BCUT2D eigenvalue weighted by Gasteiger charge is 2.18. The Morgan fingerprint density at radius 1 is 0.821 bits per heavy atom. The summed E-state index contributed by atoms with van der Waals surface area (Å²) in [5.41, 5.74) is 5.22. The lowest BCUT2D eigenvalue weighted by molar-refractivity contribution is 0.802. The number of hydrogen-bond acceptors (Lipinski definition) is 2. The molecular formula is C23H18N4O. The Morgan fingerprint density at radius 3 is 2.25 bits per heavy atom. The van der Waals surface area contributed by atoms with Gasteiger partial charge in [-0.05, 0) is 23.3 Å². The van der Waals surface area contributed by atoms with E-state index in [4.69, 9.17) is 0 Å². The summed E-state index contributed by atoms with van der Waals surface area (Å²) in [5, 5.41) is 3.27. The fourth-order valence-electron chi connectivity index (χ4n) is 3.47. The van der Waals surface area contributed by atoms with Gasteiger partial charge in [0, 0.05) is 12.0 Å². The highest BCUT2D eigenvalue weighted by atomic mass is 16.1. The molecule has 5 rings (SSSR count). The SMILES string of the molecule is O=c1c(Cc2ccccc2)c(-c2ccccc2)[nH]n1-c1nc2ccccc2[nH]1. The molecule has 2 aromatic heterocycles. The van der Waals surface area contributed by atoms with Gasteiger partial charge in [0.15, 0.2) is 0 Å². The van der Waals surface area contributed by atoms with Crippen molar-refractivity contribution in [2.75, 3.05) is 0 Å². The summed E-state index contributed by atoms with van der Waals surface area (Å²) in [4.78, 5) is 21.1. The van der Waals surface area contributed by atoms with Gasteiger partial charge >= 0.3 is 0 Å². The smallest absolute Gasteiger partial charge is 0.278 e. The van der Waals surface area contributed by atoms with Crippen LogP contribution < -0.4 is 5.56 Å². The molecule has 0 bridgehead atoms.